The summed E-state index contributed by atoms with van der Waals surface area (Å²) in [5.74, 6) is 0. The van der Waals surface area contributed by atoms with Crippen molar-refractivity contribution in [1.82, 2.24) is 4.90 Å². The third-order valence-corrected chi connectivity index (χ3v) is 4.42. The van der Waals surface area contributed by atoms with Gasteiger partial charge in [-0.05, 0) is 33.6 Å². The molecule has 0 atom stereocenters. The van der Waals surface area contributed by atoms with Crippen LogP contribution in [-0.4, -0.2) is 29.3 Å². The molecule has 1 amide bonds. The summed E-state index contributed by atoms with van der Waals surface area (Å²) < 4.78 is 6.30. The van der Waals surface area contributed by atoms with E-state index in [1.807, 2.05) is 42.5 Å². The molecule has 2 rings (SSSR count). The zero-order chi connectivity index (χ0) is 15.1. The van der Waals surface area contributed by atoms with Crippen LogP contribution in [0.5, 0.6) is 0 Å². The van der Waals surface area contributed by atoms with E-state index in [1.54, 1.807) is 11.3 Å². The molecule has 1 aromatic heterocycles. The second-order valence-corrected chi connectivity index (χ2v) is 6.94. The Morgan fingerprint density at radius 3 is 2.62 bits per heavy atom. The fourth-order valence-electron chi connectivity index (χ4n) is 1.79. The number of hydrogen-bond donors (Lipinski definition) is 1. The molecule has 21 heavy (non-hydrogen) atoms. The van der Waals surface area contributed by atoms with Gasteiger partial charge in [0.25, 0.3) is 0 Å². The van der Waals surface area contributed by atoms with Gasteiger partial charge in [-0.1, -0.05) is 30.3 Å². The number of aliphatic hydroxyl groups excluding tert-OH is 1. The molecule has 4 nitrogen and oxygen atoms in total. The van der Waals surface area contributed by atoms with E-state index in [0.717, 1.165) is 14.2 Å². The van der Waals surface area contributed by atoms with E-state index in [9.17, 15) is 4.79 Å². The zero-order valence-electron chi connectivity index (χ0n) is 11.4. The van der Waals surface area contributed by atoms with Gasteiger partial charge < -0.3 is 14.7 Å². The molecule has 1 heterocycles. The average molecular weight is 370 g/mol. The highest BCUT2D eigenvalue weighted by Crippen LogP contribution is 2.23. The van der Waals surface area contributed by atoms with Crippen LogP contribution in [0.3, 0.4) is 0 Å². The predicted molar refractivity (Wildman–Crippen MR) is 86.1 cm³/mol. The van der Waals surface area contributed by atoms with Crippen LogP contribution < -0.4 is 0 Å². The van der Waals surface area contributed by atoms with Crippen molar-refractivity contribution in [1.29, 1.82) is 0 Å². The SMILES string of the molecule is O=C(OCc1ccccc1)N(CCO)Cc1ccc(Br)s1. The topological polar surface area (TPSA) is 49.8 Å². The maximum absolute atomic E-state index is 12.1. The van der Waals surface area contributed by atoms with Crippen LogP contribution in [0, 0.1) is 0 Å². The number of hydrogen-bond acceptors (Lipinski definition) is 4. The van der Waals surface area contributed by atoms with E-state index in [0.29, 0.717) is 6.54 Å². The van der Waals surface area contributed by atoms with Gasteiger partial charge >= 0.3 is 6.09 Å². The molecule has 1 N–H and O–H groups in total. The maximum Gasteiger partial charge on any atom is 0.410 e. The van der Waals surface area contributed by atoms with Crippen molar-refractivity contribution in [3.8, 4) is 0 Å². The van der Waals surface area contributed by atoms with Gasteiger partial charge in [0.2, 0.25) is 0 Å². The Labute approximate surface area is 136 Å². The molecule has 0 aliphatic rings. The van der Waals surface area contributed by atoms with Crippen LogP contribution in [0.25, 0.3) is 0 Å². The molecule has 0 fully saturated rings. The second-order valence-electron chi connectivity index (χ2n) is 4.39. The summed E-state index contributed by atoms with van der Waals surface area (Å²) in [6.45, 7) is 0.830. The lowest BCUT2D eigenvalue weighted by molar-refractivity contribution is 0.0862. The number of rotatable bonds is 6. The van der Waals surface area contributed by atoms with Gasteiger partial charge in [-0.25, -0.2) is 4.79 Å². The van der Waals surface area contributed by atoms with E-state index in [4.69, 9.17) is 9.84 Å². The molecule has 0 saturated carbocycles. The summed E-state index contributed by atoms with van der Waals surface area (Å²) in [6, 6.07) is 13.4. The minimum atomic E-state index is -0.419. The van der Waals surface area contributed by atoms with E-state index in [-0.39, 0.29) is 19.8 Å². The summed E-state index contributed by atoms with van der Waals surface area (Å²) in [5.41, 5.74) is 0.939. The van der Waals surface area contributed by atoms with Gasteiger partial charge in [-0.2, -0.15) is 0 Å². The number of carbonyl (C=O) groups excluding carboxylic acids is 1. The number of aliphatic hydroxyl groups is 1. The summed E-state index contributed by atoms with van der Waals surface area (Å²) in [7, 11) is 0. The van der Waals surface area contributed by atoms with Gasteiger partial charge in [-0.3, -0.25) is 0 Å². The van der Waals surface area contributed by atoms with E-state index in [2.05, 4.69) is 15.9 Å². The fraction of sp³-hybridized carbons (Fsp3) is 0.267. The first-order chi connectivity index (χ1) is 10.2. The van der Waals surface area contributed by atoms with Crippen molar-refractivity contribution in [2.45, 2.75) is 13.2 Å². The Kier molecular flexibility index (Phi) is 6.22. The molecule has 0 unspecified atom stereocenters. The Morgan fingerprint density at radius 2 is 2.00 bits per heavy atom. The quantitative estimate of drug-likeness (QED) is 0.845. The number of carbonyl (C=O) groups is 1. The second kappa shape index (κ2) is 8.17. The molecule has 6 heteroatoms. The molecule has 112 valence electrons. The highest BCUT2D eigenvalue weighted by Gasteiger charge is 2.16. The van der Waals surface area contributed by atoms with Gasteiger partial charge in [0.1, 0.15) is 6.61 Å². The summed E-state index contributed by atoms with van der Waals surface area (Å²) in [4.78, 5) is 14.6. The Balaban J connectivity index is 1.92. The largest absolute Gasteiger partial charge is 0.445 e. The third-order valence-electron chi connectivity index (χ3n) is 2.81. The van der Waals surface area contributed by atoms with E-state index in [1.165, 1.54) is 4.90 Å². The van der Waals surface area contributed by atoms with Crippen LogP contribution in [0.4, 0.5) is 4.79 Å². The molecule has 0 bridgehead atoms. The summed E-state index contributed by atoms with van der Waals surface area (Å²) >= 11 is 4.95. The van der Waals surface area contributed by atoms with Crippen LogP contribution in [0.15, 0.2) is 46.3 Å². The maximum atomic E-state index is 12.1. The van der Waals surface area contributed by atoms with E-state index < -0.39 is 6.09 Å². The number of thiophene rings is 1. The minimum absolute atomic E-state index is 0.0903. The number of halogens is 1. The lowest BCUT2D eigenvalue weighted by Gasteiger charge is -2.20. The number of nitrogens with zero attached hydrogens (tertiary/aromatic N) is 1. The molecule has 1 aromatic carbocycles. The van der Waals surface area contributed by atoms with Gasteiger partial charge in [0.05, 0.1) is 16.9 Å². The fourth-order valence-corrected chi connectivity index (χ4v) is 3.29. The van der Waals surface area contributed by atoms with Crippen LogP contribution in [0.1, 0.15) is 10.4 Å². The van der Waals surface area contributed by atoms with Crippen LogP contribution in [-0.2, 0) is 17.9 Å². The number of ether oxygens (including phenoxy) is 1. The molecular weight excluding hydrogens is 354 g/mol. The third kappa shape index (κ3) is 5.15. The molecule has 0 aliphatic carbocycles. The van der Waals surface area contributed by atoms with Gasteiger partial charge in [-0.15, -0.1) is 11.3 Å². The van der Waals surface area contributed by atoms with E-state index >= 15 is 0 Å². The smallest absolute Gasteiger partial charge is 0.410 e. The lowest BCUT2D eigenvalue weighted by atomic mass is 10.2. The Bertz CT molecular complexity index is 573. The highest BCUT2D eigenvalue weighted by molar-refractivity contribution is 9.11. The summed E-state index contributed by atoms with van der Waals surface area (Å²) in [6.07, 6.45) is -0.419. The number of amides is 1. The molecule has 0 saturated heterocycles. The standard InChI is InChI=1S/C15H16BrNO3S/c16-14-7-6-13(21-14)10-17(8-9-18)15(19)20-11-12-4-2-1-3-5-12/h1-7,18H,8-11H2. The Morgan fingerprint density at radius 1 is 1.24 bits per heavy atom. The monoisotopic (exact) mass is 369 g/mol. The molecule has 2 aromatic rings. The molecule has 0 spiro atoms. The minimum Gasteiger partial charge on any atom is -0.445 e. The van der Waals surface area contributed by atoms with Crippen molar-refractivity contribution < 1.29 is 14.6 Å². The Hall–Kier alpha value is -1.37. The first-order valence-corrected chi connectivity index (χ1v) is 8.10. The summed E-state index contributed by atoms with van der Waals surface area (Å²) in [5, 5.41) is 9.10. The lowest BCUT2D eigenvalue weighted by Crippen LogP contribution is -2.33. The van der Waals surface area contributed by atoms with Crippen LogP contribution in [0.2, 0.25) is 0 Å². The molecular formula is C15H16BrNO3S. The first kappa shape index (κ1) is 16.0. The average Bonchev–Trinajstić information content (AvgIpc) is 2.91. The predicted octanol–water partition coefficient (Wildman–Crippen LogP) is 3.64. The molecule has 0 radical (unpaired) electrons. The molecule has 0 aliphatic heterocycles. The van der Waals surface area contributed by atoms with Gasteiger partial charge in [0.15, 0.2) is 0 Å². The first-order valence-electron chi connectivity index (χ1n) is 6.49. The zero-order valence-corrected chi connectivity index (χ0v) is 13.8. The highest BCUT2D eigenvalue weighted by atomic mass is 79.9. The van der Waals surface area contributed by atoms with Crippen LogP contribution >= 0.6 is 27.3 Å². The van der Waals surface area contributed by atoms with Crippen molar-refractivity contribution in [2.75, 3.05) is 13.2 Å². The van der Waals surface area contributed by atoms with Crippen molar-refractivity contribution >= 4 is 33.4 Å². The normalized spacial score (nSPS) is 10.4. The van der Waals surface area contributed by atoms with Crippen molar-refractivity contribution in [3.05, 3.63) is 56.7 Å². The van der Waals surface area contributed by atoms with Gasteiger partial charge in [0, 0.05) is 11.4 Å². The number of benzene rings is 1. The van der Waals surface area contributed by atoms with Crippen molar-refractivity contribution in [2.24, 2.45) is 0 Å². The van der Waals surface area contributed by atoms with Crippen molar-refractivity contribution in [3.63, 3.8) is 0 Å².